The molecule has 0 unspecified atom stereocenters. The molecule has 0 spiro atoms. The fourth-order valence-electron chi connectivity index (χ4n) is 5.75. The maximum atomic E-state index is 13.8. The largest absolute Gasteiger partial charge is 0.414 e. The van der Waals surface area contributed by atoms with Crippen molar-refractivity contribution in [3.63, 3.8) is 0 Å². The van der Waals surface area contributed by atoms with Crippen molar-refractivity contribution in [2.45, 2.75) is 38.5 Å². The SMILES string of the molecule is CN(C)CC1(C(=O)Nc2cccc(OC(=O)N(C)C)c2)CCN(c2ncnc3[nH]c4c(c23)CCCC4)CC1. The summed E-state index contributed by atoms with van der Waals surface area (Å²) in [5, 5.41) is 4.25. The van der Waals surface area contributed by atoms with Gasteiger partial charge in [0, 0.05) is 51.2 Å². The van der Waals surface area contributed by atoms with Gasteiger partial charge >= 0.3 is 6.09 Å². The molecule has 1 aliphatic carbocycles. The fourth-order valence-corrected chi connectivity index (χ4v) is 5.75. The number of hydrogen-bond donors (Lipinski definition) is 2. The highest BCUT2D eigenvalue weighted by Crippen LogP contribution is 2.39. The lowest BCUT2D eigenvalue weighted by Gasteiger charge is -2.42. The first-order chi connectivity index (χ1) is 18.3. The molecule has 1 saturated heterocycles. The minimum absolute atomic E-state index is 0.0196. The van der Waals surface area contributed by atoms with Gasteiger partial charge in [0.25, 0.3) is 0 Å². The molecule has 0 radical (unpaired) electrons. The molecule has 0 bridgehead atoms. The highest BCUT2D eigenvalue weighted by atomic mass is 16.6. The summed E-state index contributed by atoms with van der Waals surface area (Å²) in [6, 6.07) is 6.97. The topological polar surface area (TPSA) is 107 Å². The van der Waals surface area contributed by atoms with Crippen LogP contribution in [0.5, 0.6) is 5.75 Å². The van der Waals surface area contributed by atoms with E-state index < -0.39 is 11.5 Å². The molecular formula is C28H37N7O3. The maximum Gasteiger partial charge on any atom is 0.414 e. The van der Waals surface area contributed by atoms with Gasteiger partial charge in [-0.05, 0) is 70.3 Å². The molecule has 2 N–H and O–H groups in total. The Morgan fingerprint density at radius 1 is 1.11 bits per heavy atom. The number of H-pyrrole nitrogens is 1. The summed E-state index contributed by atoms with van der Waals surface area (Å²) < 4.78 is 5.37. The van der Waals surface area contributed by atoms with Crippen molar-refractivity contribution in [1.29, 1.82) is 0 Å². The summed E-state index contributed by atoms with van der Waals surface area (Å²) in [6.45, 7) is 2.10. The van der Waals surface area contributed by atoms with Gasteiger partial charge in [-0.25, -0.2) is 14.8 Å². The number of aryl methyl sites for hydroxylation is 2. The Hall–Kier alpha value is -3.66. The van der Waals surface area contributed by atoms with E-state index in [1.165, 1.54) is 29.0 Å². The Bertz CT molecular complexity index is 1330. The Morgan fingerprint density at radius 3 is 2.61 bits per heavy atom. The molecule has 0 saturated carbocycles. The molecule has 5 rings (SSSR count). The van der Waals surface area contributed by atoms with Gasteiger partial charge < -0.3 is 29.7 Å². The number of piperidine rings is 1. The van der Waals surface area contributed by atoms with Crippen LogP contribution in [0.1, 0.15) is 36.9 Å². The minimum atomic E-state index is -0.556. The van der Waals surface area contributed by atoms with E-state index in [4.69, 9.17) is 9.72 Å². The molecule has 1 fully saturated rings. The first-order valence-electron chi connectivity index (χ1n) is 13.3. The van der Waals surface area contributed by atoms with Gasteiger partial charge in [-0.2, -0.15) is 0 Å². The molecule has 10 nitrogen and oxygen atoms in total. The van der Waals surface area contributed by atoms with Crippen LogP contribution in [0.15, 0.2) is 30.6 Å². The summed E-state index contributed by atoms with van der Waals surface area (Å²) in [7, 11) is 7.26. The monoisotopic (exact) mass is 519 g/mol. The van der Waals surface area contributed by atoms with Crippen LogP contribution in [0.25, 0.3) is 11.0 Å². The van der Waals surface area contributed by atoms with E-state index in [0.717, 1.165) is 42.8 Å². The number of benzene rings is 1. The second-order valence-corrected chi connectivity index (χ2v) is 11.0. The van der Waals surface area contributed by atoms with Crippen LogP contribution < -0.4 is 15.0 Å². The molecule has 3 heterocycles. The van der Waals surface area contributed by atoms with E-state index in [0.29, 0.717) is 30.8 Å². The number of hydrogen-bond acceptors (Lipinski definition) is 7. The van der Waals surface area contributed by atoms with Crippen LogP contribution in [0.4, 0.5) is 16.3 Å². The lowest BCUT2D eigenvalue weighted by Crippen LogP contribution is -2.51. The predicted molar refractivity (Wildman–Crippen MR) is 148 cm³/mol. The third kappa shape index (κ3) is 5.18. The minimum Gasteiger partial charge on any atom is -0.410 e. The van der Waals surface area contributed by atoms with Crippen LogP contribution in [-0.4, -0.2) is 84.6 Å². The first-order valence-corrected chi connectivity index (χ1v) is 13.3. The van der Waals surface area contributed by atoms with Crippen molar-refractivity contribution in [2.24, 2.45) is 5.41 Å². The number of aromatic amines is 1. The third-order valence-electron chi connectivity index (χ3n) is 7.65. The Labute approximate surface area is 223 Å². The van der Waals surface area contributed by atoms with E-state index >= 15 is 0 Å². The van der Waals surface area contributed by atoms with Crippen molar-refractivity contribution in [1.82, 2.24) is 24.8 Å². The molecule has 2 amide bonds. The zero-order chi connectivity index (χ0) is 26.9. The Kier molecular flexibility index (Phi) is 7.25. The quantitative estimate of drug-likeness (QED) is 0.512. The van der Waals surface area contributed by atoms with Gasteiger partial charge in [-0.3, -0.25) is 4.79 Å². The molecular weight excluding hydrogens is 482 g/mol. The van der Waals surface area contributed by atoms with Gasteiger partial charge in [0.15, 0.2) is 0 Å². The second kappa shape index (κ2) is 10.6. The van der Waals surface area contributed by atoms with E-state index in [1.54, 1.807) is 38.6 Å². The van der Waals surface area contributed by atoms with Crippen LogP contribution >= 0.6 is 0 Å². The molecule has 2 aliphatic rings. The number of amides is 2. The van der Waals surface area contributed by atoms with Crippen molar-refractivity contribution < 1.29 is 14.3 Å². The predicted octanol–water partition coefficient (Wildman–Crippen LogP) is 3.68. The summed E-state index contributed by atoms with van der Waals surface area (Å²) in [6.07, 6.45) is 7.09. The number of anilines is 2. The van der Waals surface area contributed by atoms with Crippen molar-refractivity contribution in [3.05, 3.63) is 41.9 Å². The smallest absolute Gasteiger partial charge is 0.410 e. The molecule has 38 heavy (non-hydrogen) atoms. The van der Waals surface area contributed by atoms with E-state index in [-0.39, 0.29) is 5.91 Å². The lowest BCUT2D eigenvalue weighted by molar-refractivity contribution is -0.127. The third-order valence-corrected chi connectivity index (χ3v) is 7.65. The van der Waals surface area contributed by atoms with Crippen LogP contribution in [0.2, 0.25) is 0 Å². The summed E-state index contributed by atoms with van der Waals surface area (Å²) in [5.74, 6) is 1.35. The molecule has 3 aromatic rings. The summed E-state index contributed by atoms with van der Waals surface area (Å²) >= 11 is 0. The average Bonchev–Trinajstić information content (AvgIpc) is 3.28. The molecule has 0 atom stereocenters. The van der Waals surface area contributed by atoms with Gasteiger partial charge in [0.05, 0.1) is 10.8 Å². The maximum absolute atomic E-state index is 13.8. The summed E-state index contributed by atoms with van der Waals surface area (Å²) in [4.78, 5) is 44.2. The number of nitrogens with zero attached hydrogens (tertiary/aromatic N) is 5. The van der Waals surface area contributed by atoms with Crippen molar-refractivity contribution in [2.75, 3.05) is 58.0 Å². The van der Waals surface area contributed by atoms with Gasteiger partial charge in [-0.15, -0.1) is 0 Å². The molecule has 2 aromatic heterocycles. The van der Waals surface area contributed by atoms with Crippen molar-refractivity contribution in [3.8, 4) is 5.75 Å². The van der Waals surface area contributed by atoms with Crippen LogP contribution in [0, 0.1) is 5.41 Å². The van der Waals surface area contributed by atoms with E-state index in [9.17, 15) is 9.59 Å². The number of carbonyl (C=O) groups excluding carboxylic acids is 2. The number of nitrogens with one attached hydrogen (secondary N) is 2. The first kappa shape index (κ1) is 26.0. The van der Waals surface area contributed by atoms with Gasteiger partial charge in [0.1, 0.15) is 23.5 Å². The van der Waals surface area contributed by atoms with Gasteiger partial charge in [-0.1, -0.05) is 6.07 Å². The molecule has 10 heteroatoms. The zero-order valence-corrected chi connectivity index (χ0v) is 22.7. The zero-order valence-electron chi connectivity index (χ0n) is 22.7. The van der Waals surface area contributed by atoms with Crippen LogP contribution in [0.3, 0.4) is 0 Å². The average molecular weight is 520 g/mol. The highest BCUT2D eigenvalue weighted by Gasteiger charge is 2.42. The van der Waals surface area contributed by atoms with Crippen LogP contribution in [-0.2, 0) is 17.6 Å². The van der Waals surface area contributed by atoms with Gasteiger partial charge in [0.2, 0.25) is 5.91 Å². The number of rotatable bonds is 6. The number of ether oxygens (including phenoxy) is 1. The lowest BCUT2D eigenvalue weighted by atomic mass is 9.76. The molecule has 1 aromatic carbocycles. The molecule has 202 valence electrons. The van der Waals surface area contributed by atoms with E-state index in [1.807, 2.05) is 20.2 Å². The van der Waals surface area contributed by atoms with Crippen molar-refractivity contribution >= 4 is 34.5 Å². The number of aromatic nitrogens is 3. The standard InChI is InChI=1S/C28H37N7O3/c1-33(2)17-28(26(36)31-19-8-7-9-20(16-19)38-27(37)34(3)4)12-14-35(15-13-28)25-23-21-10-5-6-11-22(21)32-24(23)29-18-30-25/h7-9,16,18H,5-6,10-15,17H2,1-4H3,(H,31,36)(H,29,30,32). The normalized spacial score (nSPS) is 16.8. The Balaban J connectivity index is 1.34. The Morgan fingerprint density at radius 2 is 1.87 bits per heavy atom. The molecule has 1 aliphatic heterocycles. The summed E-state index contributed by atoms with van der Waals surface area (Å²) in [5.41, 5.74) is 3.63. The number of fused-ring (bicyclic) bond motifs is 3. The fraction of sp³-hybridized carbons (Fsp3) is 0.500. The van der Waals surface area contributed by atoms with E-state index in [2.05, 4.69) is 25.1 Å². The highest BCUT2D eigenvalue weighted by molar-refractivity contribution is 5.96. The number of carbonyl (C=O) groups is 2. The second-order valence-electron chi connectivity index (χ2n) is 11.0.